The van der Waals surface area contributed by atoms with Crippen LogP contribution in [0.5, 0.6) is 0 Å². The van der Waals surface area contributed by atoms with E-state index in [1.165, 1.54) is 23.5 Å². The van der Waals surface area contributed by atoms with Gasteiger partial charge in [-0.05, 0) is 37.6 Å². The van der Waals surface area contributed by atoms with Gasteiger partial charge in [0.25, 0.3) is 0 Å². The van der Waals surface area contributed by atoms with Gasteiger partial charge in [-0.3, -0.25) is 0 Å². The molecular weight excluding hydrogens is 330 g/mol. The molecule has 1 aromatic carbocycles. The zero-order valence-electron chi connectivity index (χ0n) is 13.5. The van der Waals surface area contributed by atoms with Gasteiger partial charge in [-0.1, -0.05) is 13.3 Å². The molecule has 0 amide bonds. The predicted octanol–water partition coefficient (Wildman–Crippen LogP) is 5.68. The summed E-state index contributed by atoms with van der Waals surface area (Å²) in [7, 11) is 0. The van der Waals surface area contributed by atoms with E-state index in [4.69, 9.17) is 4.42 Å². The van der Waals surface area contributed by atoms with E-state index in [0.29, 0.717) is 4.80 Å². The Bertz CT molecular complexity index is 881. The lowest BCUT2D eigenvalue weighted by atomic mass is 10.2. The highest BCUT2D eigenvalue weighted by atomic mass is 32.1. The maximum atomic E-state index is 13.9. The summed E-state index contributed by atoms with van der Waals surface area (Å²) in [5.41, 5.74) is 1.04. The Labute approximate surface area is 142 Å². The van der Waals surface area contributed by atoms with Gasteiger partial charge in [0.1, 0.15) is 11.5 Å². The number of aromatic nitrogens is 1. The second-order valence-corrected chi connectivity index (χ2v) is 6.43. The van der Waals surface area contributed by atoms with Gasteiger partial charge in [0, 0.05) is 17.5 Å². The molecule has 2 heterocycles. The van der Waals surface area contributed by atoms with Crippen molar-refractivity contribution in [3.05, 3.63) is 58.4 Å². The average molecular weight is 348 g/mol. The van der Waals surface area contributed by atoms with Crippen LogP contribution in [0.1, 0.15) is 32.7 Å². The normalized spacial score (nSPS) is 13.4. The molecule has 24 heavy (non-hydrogen) atoms. The first-order valence-corrected chi connectivity index (χ1v) is 8.71. The van der Waals surface area contributed by atoms with E-state index in [0.717, 1.165) is 30.4 Å². The first-order chi connectivity index (χ1) is 11.6. The third-order valence-electron chi connectivity index (χ3n) is 3.79. The highest BCUT2D eigenvalue weighted by Crippen LogP contribution is 2.26. The minimum atomic E-state index is -0.669. The molecule has 0 saturated heterocycles. The lowest BCUT2D eigenvalue weighted by Gasteiger charge is -2.15. The summed E-state index contributed by atoms with van der Waals surface area (Å²) in [6, 6.07) is 7.31. The van der Waals surface area contributed by atoms with Crippen molar-refractivity contribution in [1.29, 1.82) is 0 Å². The number of rotatable bonds is 5. The molecule has 6 heteroatoms. The Balaban J connectivity index is 2.15. The van der Waals surface area contributed by atoms with Crippen LogP contribution in [0.25, 0.3) is 11.5 Å². The van der Waals surface area contributed by atoms with Gasteiger partial charge in [-0.15, -0.1) is 11.3 Å². The molecule has 3 aromatic rings. The van der Waals surface area contributed by atoms with E-state index in [9.17, 15) is 8.78 Å². The molecule has 1 atom stereocenters. The first kappa shape index (κ1) is 16.6. The van der Waals surface area contributed by atoms with Crippen molar-refractivity contribution in [2.24, 2.45) is 4.99 Å². The van der Waals surface area contributed by atoms with Crippen LogP contribution in [0.2, 0.25) is 0 Å². The molecule has 0 bridgehead atoms. The largest absolute Gasteiger partial charge is 0.463 e. The first-order valence-electron chi connectivity index (χ1n) is 7.83. The van der Waals surface area contributed by atoms with Crippen LogP contribution >= 0.6 is 11.3 Å². The third kappa shape index (κ3) is 3.33. The quantitative estimate of drug-likeness (QED) is 0.583. The summed E-state index contributed by atoms with van der Waals surface area (Å²) in [6.45, 7) is 4.22. The molecule has 0 aliphatic rings. The Kier molecular flexibility index (Phi) is 4.94. The monoisotopic (exact) mass is 348 g/mol. The molecule has 1 unspecified atom stereocenters. The van der Waals surface area contributed by atoms with Crippen LogP contribution < -0.4 is 4.80 Å². The molecule has 0 N–H and O–H groups in total. The van der Waals surface area contributed by atoms with Crippen molar-refractivity contribution in [3.8, 4) is 11.5 Å². The second-order valence-electron chi connectivity index (χ2n) is 5.60. The van der Waals surface area contributed by atoms with Crippen LogP contribution in [0.4, 0.5) is 14.5 Å². The molecule has 126 valence electrons. The lowest BCUT2D eigenvalue weighted by molar-refractivity contribution is 0.485. The standard InChI is InChI=1S/C18H18F2N2OS/c1-3-5-12(2)22-16(17-6-4-9-23-17)11-24-18(22)21-15-8-7-13(19)10-14(15)20/h4,6-12H,3,5H2,1-2H3. The summed E-state index contributed by atoms with van der Waals surface area (Å²) in [5.74, 6) is -0.533. The van der Waals surface area contributed by atoms with Gasteiger partial charge < -0.3 is 8.98 Å². The number of furan rings is 1. The molecule has 3 nitrogen and oxygen atoms in total. The minimum absolute atomic E-state index is 0.127. The summed E-state index contributed by atoms with van der Waals surface area (Å²) < 4.78 is 34.6. The van der Waals surface area contributed by atoms with Gasteiger partial charge in [0.2, 0.25) is 0 Å². The number of hydrogen-bond donors (Lipinski definition) is 0. The molecule has 0 aliphatic carbocycles. The van der Waals surface area contributed by atoms with Gasteiger partial charge in [-0.2, -0.15) is 0 Å². The van der Waals surface area contributed by atoms with E-state index < -0.39 is 11.6 Å². The van der Waals surface area contributed by atoms with E-state index in [2.05, 4.69) is 23.4 Å². The topological polar surface area (TPSA) is 30.4 Å². The third-order valence-corrected chi connectivity index (χ3v) is 4.63. The van der Waals surface area contributed by atoms with Gasteiger partial charge in [-0.25, -0.2) is 13.8 Å². The van der Waals surface area contributed by atoms with Crippen molar-refractivity contribution in [2.75, 3.05) is 0 Å². The fraction of sp³-hybridized carbons (Fsp3) is 0.278. The van der Waals surface area contributed by atoms with Crippen molar-refractivity contribution < 1.29 is 13.2 Å². The smallest absolute Gasteiger partial charge is 0.190 e. The Morgan fingerprint density at radius 1 is 1.29 bits per heavy atom. The van der Waals surface area contributed by atoms with E-state index >= 15 is 0 Å². The van der Waals surface area contributed by atoms with Crippen molar-refractivity contribution in [3.63, 3.8) is 0 Å². The molecule has 0 radical (unpaired) electrons. The fourth-order valence-corrected chi connectivity index (χ4v) is 3.64. The predicted molar refractivity (Wildman–Crippen MR) is 91.2 cm³/mol. The molecular formula is C18H18F2N2OS. The fourth-order valence-electron chi connectivity index (χ4n) is 2.65. The maximum absolute atomic E-state index is 13.9. The number of hydrogen-bond acceptors (Lipinski definition) is 3. The van der Waals surface area contributed by atoms with Crippen LogP contribution in [0, 0.1) is 11.6 Å². The molecule has 0 aliphatic heterocycles. The van der Waals surface area contributed by atoms with Crippen LogP contribution in [0.3, 0.4) is 0 Å². The van der Waals surface area contributed by atoms with Crippen molar-refractivity contribution in [1.82, 2.24) is 4.57 Å². The summed E-state index contributed by atoms with van der Waals surface area (Å²) >= 11 is 1.41. The summed E-state index contributed by atoms with van der Waals surface area (Å²) in [5, 5.41) is 1.95. The van der Waals surface area contributed by atoms with Crippen LogP contribution in [-0.2, 0) is 0 Å². The summed E-state index contributed by atoms with van der Waals surface area (Å²) in [4.78, 5) is 5.07. The SMILES string of the molecule is CCCC(C)n1c(-c2ccco2)csc1=Nc1ccc(F)cc1F. The number of nitrogens with zero attached hydrogens (tertiary/aromatic N) is 2. The van der Waals surface area contributed by atoms with E-state index in [-0.39, 0.29) is 11.7 Å². The maximum Gasteiger partial charge on any atom is 0.190 e. The molecule has 3 rings (SSSR count). The van der Waals surface area contributed by atoms with Gasteiger partial charge >= 0.3 is 0 Å². The number of thiazole rings is 1. The minimum Gasteiger partial charge on any atom is -0.463 e. The molecule has 0 saturated carbocycles. The average Bonchev–Trinajstić information content (AvgIpc) is 3.19. The van der Waals surface area contributed by atoms with Crippen LogP contribution in [0.15, 0.2) is 51.4 Å². The van der Waals surface area contributed by atoms with Gasteiger partial charge in [0.05, 0.1) is 12.0 Å². The Morgan fingerprint density at radius 2 is 2.12 bits per heavy atom. The van der Waals surface area contributed by atoms with E-state index in [1.807, 2.05) is 17.5 Å². The van der Waals surface area contributed by atoms with E-state index in [1.54, 1.807) is 6.26 Å². The second kappa shape index (κ2) is 7.13. The summed E-state index contributed by atoms with van der Waals surface area (Å²) in [6.07, 6.45) is 3.60. The Hall–Kier alpha value is -2.21. The van der Waals surface area contributed by atoms with Crippen molar-refractivity contribution in [2.45, 2.75) is 32.7 Å². The Morgan fingerprint density at radius 3 is 2.79 bits per heavy atom. The highest BCUT2D eigenvalue weighted by Gasteiger charge is 2.15. The molecule has 0 spiro atoms. The van der Waals surface area contributed by atoms with Crippen molar-refractivity contribution >= 4 is 17.0 Å². The lowest BCUT2D eigenvalue weighted by Crippen LogP contribution is -2.19. The zero-order valence-corrected chi connectivity index (χ0v) is 14.3. The zero-order chi connectivity index (χ0) is 17.1. The molecule has 2 aromatic heterocycles. The number of halogens is 2. The number of benzene rings is 1. The highest BCUT2D eigenvalue weighted by molar-refractivity contribution is 7.07. The molecule has 0 fully saturated rings. The van der Waals surface area contributed by atoms with Gasteiger partial charge in [0.15, 0.2) is 16.4 Å². The van der Waals surface area contributed by atoms with Crippen LogP contribution in [-0.4, -0.2) is 4.57 Å².